The molecule has 1 aromatic heterocycles. The summed E-state index contributed by atoms with van der Waals surface area (Å²) in [6.07, 6.45) is 1.77. The molecule has 0 saturated carbocycles. The van der Waals surface area contributed by atoms with Gasteiger partial charge in [-0.15, -0.1) is 0 Å². The molecule has 1 aliphatic rings. The lowest BCUT2D eigenvalue weighted by Gasteiger charge is -2.30. The Morgan fingerprint density at radius 3 is 2.94 bits per heavy atom. The van der Waals surface area contributed by atoms with Gasteiger partial charge in [-0.05, 0) is 33.2 Å². The maximum absolute atomic E-state index is 11.0. The molecular weight excluding hydrogens is 218 g/mol. The zero-order chi connectivity index (χ0) is 12.4. The summed E-state index contributed by atoms with van der Waals surface area (Å²) in [6, 6.07) is 0. The molecule has 1 fully saturated rings. The highest BCUT2D eigenvalue weighted by Gasteiger charge is 2.26. The molecule has 94 valence electrons. The number of rotatable bonds is 3. The van der Waals surface area contributed by atoms with Crippen molar-refractivity contribution < 1.29 is 9.90 Å². The number of H-pyrrole nitrogens is 1. The number of nitrogens with zero attached hydrogens (tertiary/aromatic N) is 2. The fourth-order valence-electron chi connectivity index (χ4n) is 2.43. The normalized spacial score (nSPS) is 21.6. The second-order valence-corrected chi connectivity index (χ2v) is 4.83. The number of carboxylic acids is 1. The van der Waals surface area contributed by atoms with E-state index in [0.29, 0.717) is 6.54 Å². The average molecular weight is 237 g/mol. The van der Waals surface area contributed by atoms with Gasteiger partial charge in [-0.3, -0.25) is 14.8 Å². The summed E-state index contributed by atoms with van der Waals surface area (Å²) in [5, 5.41) is 16.2. The Morgan fingerprint density at radius 1 is 1.59 bits per heavy atom. The smallest absolute Gasteiger partial charge is 0.307 e. The number of hydrogen-bond acceptors (Lipinski definition) is 3. The van der Waals surface area contributed by atoms with Crippen LogP contribution in [0.4, 0.5) is 0 Å². The molecule has 1 atom stereocenters. The van der Waals surface area contributed by atoms with E-state index in [1.54, 1.807) is 0 Å². The van der Waals surface area contributed by atoms with Crippen molar-refractivity contribution in [2.24, 2.45) is 5.92 Å². The Hall–Kier alpha value is -1.36. The highest BCUT2D eigenvalue weighted by Crippen LogP contribution is 2.20. The SMILES string of the molecule is Cc1n[nH]c(C)c1CN1CCC[C@H](C(=O)O)C1. The van der Waals surface area contributed by atoms with Crippen molar-refractivity contribution in [1.29, 1.82) is 0 Å². The van der Waals surface area contributed by atoms with Crippen molar-refractivity contribution in [3.63, 3.8) is 0 Å². The Kier molecular flexibility index (Phi) is 3.47. The van der Waals surface area contributed by atoms with E-state index in [0.717, 1.165) is 37.3 Å². The monoisotopic (exact) mass is 237 g/mol. The van der Waals surface area contributed by atoms with Crippen LogP contribution in [-0.2, 0) is 11.3 Å². The molecule has 1 aliphatic heterocycles. The highest BCUT2D eigenvalue weighted by atomic mass is 16.4. The standard InChI is InChI=1S/C12H19N3O2/c1-8-11(9(2)14-13-8)7-15-5-3-4-10(6-15)12(16)17/h10H,3-7H2,1-2H3,(H,13,14)(H,16,17)/t10-/m0/s1. The van der Waals surface area contributed by atoms with Crippen LogP contribution in [0.15, 0.2) is 0 Å². The lowest BCUT2D eigenvalue weighted by atomic mass is 9.98. The van der Waals surface area contributed by atoms with Gasteiger partial charge < -0.3 is 5.11 Å². The van der Waals surface area contributed by atoms with E-state index in [9.17, 15) is 4.79 Å². The zero-order valence-electron chi connectivity index (χ0n) is 10.4. The maximum Gasteiger partial charge on any atom is 0.307 e. The van der Waals surface area contributed by atoms with E-state index in [1.807, 2.05) is 13.8 Å². The predicted molar refractivity (Wildman–Crippen MR) is 63.7 cm³/mol. The number of aromatic nitrogens is 2. The van der Waals surface area contributed by atoms with Crippen molar-refractivity contribution in [1.82, 2.24) is 15.1 Å². The number of aryl methyl sites for hydroxylation is 2. The van der Waals surface area contributed by atoms with E-state index in [1.165, 1.54) is 5.56 Å². The number of nitrogens with one attached hydrogen (secondary N) is 1. The Bertz CT molecular complexity index is 394. The number of aromatic amines is 1. The fraction of sp³-hybridized carbons (Fsp3) is 0.667. The molecule has 5 nitrogen and oxygen atoms in total. The molecule has 2 N–H and O–H groups in total. The van der Waals surface area contributed by atoms with Crippen LogP contribution in [0.1, 0.15) is 29.8 Å². The first-order valence-electron chi connectivity index (χ1n) is 6.03. The van der Waals surface area contributed by atoms with Crippen LogP contribution in [0.3, 0.4) is 0 Å². The lowest BCUT2D eigenvalue weighted by molar-refractivity contribution is -0.143. The van der Waals surface area contributed by atoms with Crippen LogP contribution < -0.4 is 0 Å². The summed E-state index contributed by atoms with van der Waals surface area (Å²) in [5.74, 6) is -0.883. The molecule has 2 heterocycles. The summed E-state index contributed by atoms with van der Waals surface area (Å²) in [7, 11) is 0. The van der Waals surface area contributed by atoms with Crippen molar-refractivity contribution in [2.45, 2.75) is 33.2 Å². The van der Waals surface area contributed by atoms with Gasteiger partial charge in [0.1, 0.15) is 0 Å². The van der Waals surface area contributed by atoms with E-state index in [-0.39, 0.29) is 5.92 Å². The summed E-state index contributed by atoms with van der Waals surface area (Å²) < 4.78 is 0. The maximum atomic E-state index is 11.0. The summed E-state index contributed by atoms with van der Waals surface area (Å²) in [6.45, 7) is 6.43. The van der Waals surface area contributed by atoms with Crippen LogP contribution in [0, 0.1) is 19.8 Å². The molecule has 2 rings (SSSR count). The molecule has 0 amide bonds. The van der Waals surface area contributed by atoms with Crippen LogP contribution in [0.2, 0.25) is 0 Å². The number of carbonyl (C=O) groups is 1. The molecule has 0 radical (unpaired) electrons. The lowest BCUT2D eigenvalue weighted by Crippen LogP contribution is -2.38. The molecule has 0 bridgehead atoms. The van der Waals surface area contributed by atoms with Gasteiger partial charge in [-0.25, -0.2) is 0 Å². The Balaban J connectivity index is 2.02. The molecule has 0 aromatic carbocycles. The van der Waals surface area contributed by atoms with Crippen LogP contribution >= 0.6 is 0 Å². The third-order valence-electron chi connectivity index (χ3n) is 3.52. The predicted octanol–water partition coefficient (Wildman–Crippen LogP) is 1.32. The van der Waals surface area contributed by atoms with E-state index >= 15 is 0 Å². The van der Waals surface area contributed by atoms with Gasteiger partial charge in [0.25, 0.3) is 0 Å². The van der Waals surface area contributed by atoms with Crippen LogP contribution in [0.25, 0.3) is 0 Å². The first kappa shape index (κ1) is 12.1. The first-order valence-corrected chi connectivity index (χ1v) is 6.03. The van der Waals surface area contributed by atoms with E-state index < -0.39 is 5.97 Å². The van der Waals surface area contributed by atoms with E-state index in [2.05, 4.69) is 15.1 Å². The molecular formula is C12H19N3O2. The molecule has 0 unspecified atom stereocenters. The van der Waals surface area contributed by atoms with Crippen molar-refractivity contribution in [2.75, 3.05) is 13.1 Å². The number of piperidine rings is 1. The van der Waals surface area contributed by atoms with Gasteiger partial charge in [-0.2, -0.15) is 5.10 Å². The van der Waals surface area contributed by atoms with Gasteiger partial charge >= 0.3 is 5.97 Å². The second-order valence-electron chi connectivity index (χ2n) is 4.83. The minimum atomic E-state index is -0.671. The van der Waals surface area contributed by atoms with Gasteiger partial charge in [0.15, 0.2) is 0 Å². The average Bonchev–Trinajstić information content (AvgIpc) is 2.61. The zero-order valence-corrected chi connectivity index (χ0v) is 10.4. The minimum Gasteiger partial charge on any atom is -0.481 e. The van der Waals surface area contributed by atoms with E-state index in [4.69, 9.17) is 5.11 Å². The molecule has 0 aliphatic carbocycles. The minimum absolute atomic E-state index is 0.212. The molecule has 1 saturated heterocycles. The van der Waals surface area contributed by atoms with Crippen molar-refractivity contribution >= 4 is 5.97 Å². The number of carboxylic acid groups (broad SMARTS) is 1. The molecule has 1 aromatic rings. The third-order valence-corrected chi connectivity index (χ3v) is 3.52. The summed E-state index contributed by atoms with van der Waals surface area (Å²) in [5.41, 5.74) is 3.30. The Labute approximate surface area is 101 Å². The van der Waals surface area contributed by atoms with Gasteiger partial charge in [0.05, 0.1) is 11.6 Å². The number of aliphatic carboxylic acids is 1. The third kappa shape index (κ3) is 2.66. The van der Waals surface area contributed by atoms with Crippen molar-refractivity contribution in [3.05, 3.63) is 17.0 Å². The van der Waals surface area contributed by atoms with Crippen molar-refractivity contribution in [3.8, 4) is 0 Å². The number of likely N-dealkylation sites (tertiary alicyclic amines) is 1. The second kappa shape index (κ2) is 4.87. The molecule has 0 spiro atoms. The topological polar surface area (TPSA) is 69.2 Å². The van der Waals surface area contributed by atoms with Gasteiger partial charge in [-0.1, -0.05) is 0 Å². The Morgan fingerprint density at radius 2 is 2.35 bits per heavy atom. The van der Waals surface area contributed by atoms with Crippen LogP contribution in [0.5, 0.6) is 0 Å². The van der Waals surface area contributed by atoms with Crippen LogP contribution in [-0.4, -0.2) is 39.3 Å². The number of hydrogen-bond donors (Lipinski definition) is 2. The van der Waals surface area contributed by atoms with Gasteiger partial charge in [0.2, 0.25) is 0 Å². The summed E-state index contributed by atoms with van der Waals surface area (Å²) in [4.78, 5) is 13.2. The molecule has 5 heteroatoms. The fourth-order valence-corrected chi connectivity index (χ4v) is 2.43. The quantitative estimate of drug-likeness (QED) is 0.832. The highest BCUT2D eigenvalue weighted by molar-refractivity contribution is 5.70. The molecule has 17 heavy (non-hydrogen) atoms. The van der Waals surface area contributed by atoms with Gasteiger partial charge in [0, 0.05) is 24.3 Å². The first-order chi connectivity index (χ1) is 8.08. The largest absolute Gasteiger partial charge is 0.481 e. The summed E-state index contributed by atoms with van der Waals surface area (Å²) >= 11 is 0.